The van der Waals surface area contributed by atoms with Gasteiger partial charge in [0, 0.05) is 38.6 Å². The van der Waals surface area contributed by atoms with Crippen LogP contribution < -0.4 is 5.32 Å². The fourth-order valence-electron chi connectivity index (χ4n) is 3.47. The molecule has 2 aliphatic rings. The van der Waals surface area contributed by atoms with Crippen LogP contribution in [0.15, 0.2) is 0 Å². The predicted octanol–water partition coefficient (Wildman–Crippen LogP) is -0.393. The van der Waals surface area contributed by atoms with Crippen LogP contribution in [0.4, 0.5) is 0 Å². The monoisotopic (exact) mass is 296 g/mol. The number of rotatable bonds is 5. The van der Waals surface area contributed by atoms with Gasteiger partial charge in [-0.05, 0) is 39.9 Å². The number of carbonyl (C=O) groups excluding carboxylic acids is 2. The van der Waals surface area contributed by atoms with Gasteiger partial charge in [-0.1, -0.05) is 0 Å². The van der Waals surface area contributed by atoms with Crippen molar-refractivity contribution in [2.45, 2.75) is 25.3 Å². The van der Waals surface area contributed by atoms with Gasteiger partial charge >= 0.3 is 0 Å². The molecular formula is C15H28N4O2. The molecule has 0 saturated carbocycles. The maximum absolute atomic E-state index is 12.2. The van der Waals surface area contributed by atoms with E-state index in [2.05, 4.69) is 5.32 Å². The second-order valence-corrected chi connectivity index (χ2v) is 6.42. The van der Waals surface area contributed by atoms with Crippen LogP contribution in [0.3, 0.4) is 0 Å². The van der Waals surface area contributed by atoms with Gasteiger partial charge in [0.15, 0.2) is 0 Å². The van der Waals surface area contributed by atoms with Gasteiger partial charge < -0.3 is 20.0 Å². The summed E-state index contributed by atoms with van der Waals surface area (Å²) < 4.78 is 0. The largest absolute Gasteiger partial charge is 0.341 e. The predicted molar refractivity (Wildman–Crippen MR) is 81.9 cm³/mol. The van der Waals surface area contributed by atoms with Crippen LogP contribution in [0.1, 0.15) is 19.3 Å². The van der Waals surface area contributed by atoms with E-state index in [4.69, 9.17) is 0 Å². The van der Waals surface area contributed by atoms with Crippen LogP contribution >= 0.6 is 0 Å². The number of carbonyl (C=O) groups is 2. The summed E-state index contributed by atoms with van der Waals surface area (Å²) in [6.07, 6.45) is 2.46. The molecule has 2 amide bonds. The topological polar surface area (TPSA) is 55.9 Å². The molecule has 2 atom stereocenters. The minimum atomic E-state index is 0.206. The Labute approximate surface area is 127 Å². The molecule has 0 bridgehead atoms. The van der Waals surface area contributed by atoms with Crippen LogP contribution in [0, 0.1) is 5.92 Å². The molecular weight excluding hydrogens is 268 g/mol. The Morgan fingerprint density at radius 1 is 1.38 bits per heavy atom. The van der Waals surface area contributed by atoms with Gasteiger partial charge in [-0.2, -0.15) is 0 Å². The van der Waals surface area contributed by atoms with Crippen molar-refractivity contribution < 1.29 is 9.59 Å². The molecule has 120 valence electrons. The highest BCUT2D eigenvalue weighted by Crippen LogP contribution is 2.31. The molecule has 0 spiro atoms. The summed E-state index contributed by atoms with van der Waals surface area (Å²) in [4.78, 5) is 30.3. The van der Waals surface area contributed by atoms with E-state index in [1.165, 1.54) is 0 Å². The molecule has 2 heterocycles. The molecule has 6 heteroatoms. The van der Waals surface area contributed by atoms with Crippen molar-refractivity contribution in [1.29, 1.82) is 0 Å². The first kappa shape index (κ1) is 16.2. The average molecular weight is 296 g/mol. The van der Waals surface area contributed by atoms with E-state index >= 15 is 0 Å². The number of piperidine rings is 2. The zero-order valence-corrected chi connectivity index (χ0v) is 13.5. The fraction of sp³-hybridized carbons (Fsp3) is 0.867. The Hall–Kier alpha value is -1.14. The average Bonchev–Trinajstić information content (AvgIpc) is 2.45. The van der Waals surface area contributed by atoms with E-state index in [1.54, 1.807) is 0 Å². The van der Waals surface area contributed by atoms with Crippen molar-refractivity contribution in [2.24, 2.45) is 5.92 Å². The van der Waals surface area contributed by atoms with Crippen molar-refractivity contribution in [2.75, 3.05) is 53.9 Å². The first-order valence-corrected chi connectivity index (χ1v) is 7.89. The Morgan fingerprint density at radius 2 is 2.14 bits per heavy atom. The minimum absolute atomic E-state index is 0.206. The third-order valence-electron chi connectivity index (χ3n) is 4.55. The fourth-order valence-corrected chi connectivity index (χ4v) is 3.47. The number of hydrogen-bond donors (Lipinski definition) is 1. The van der Waals surface area contributed by atoms with Crippen molar-refractivity contribution in [1.82, 2.24) is 20.0 Å². The van der Waals surface area contributed by atoms with Gasteiger partial charge in [-0.25, -0.2) is 0 Å². The van der Waals surface area contributed by atoms with E-state index in [0.717, 1.165) is 39.0 Å². The molecule has 21 heavy (non-hydrogen) atoms. The first-order chi connectivity index (χ1) is 10.0. The summed E-state index contributed by atoms with van der Waals surface area (Å²) in [7, 11) is 5.75. The van der Waals surface area contributed by atoms with Crippen LogP contribution in [0.5, 0.6) is 0 Å². The highest BCUT2D eigenvalue weighted by Gasteiger charge is 2.39. The molecule has 1 N–H and O–H groups in total. The normalized spacial score (nSPS) is 26.2. The van der Waals surface area contributed by atoms with E-state index in [0.29, 0.717) is 24.9 Å². The zero-order chi connectivity index (χ0) is 15.4. The summed E-state index contributed by atoms with van der Waals surface area (Å²) in [6.45, 7) is 3.66. The van der Waals surface area contributed by atoms with Crippen molar-refractivity contribution >= 4 is 11.8 Å². The van der Waals surface area contributed by atoms with Gasteiger partial charge in [0.05, 0.1) is 6.54 Å². The summed E-state index contributed by atoms with van der Waals surface area (Å²) in [6, 6.07) is 0.322. The molecule has 0 aromatic rings. The molecule has 0 aromatic carbocycles. The van der Waals surface area contributed by atoms with Gasteiger partial charge in [-0.15, -0.1) is 0 Å². The lowest BCUT2D eigenvalue weighted by Crippen LogP contribution is -2.58. The zero-order valence-electron chi connectivity index (χ0n) is 13.5. The molecule has 0 unspecified atom stereocenters. The van der Waals surface area contributed by atoms with Gasteiger partial charge in [0.25, 0.3) is 0 Å². The van der Waals surface area contributed by atoms with Gasteiger partial charge in [-0.3, -0.25) is 9.59 Å². The van der Waals surface area contributed by atoms with Gasteiger partial charge in [0.2, 0.25) is 11.8 Å². The lowest BCUT2D eigenvalue weighted by molar-refractivity contribution is -0.144. The molecule has 0 aliphatic carbocycles. The Bertz CT molecular complexity index is 386. The van der Waals surface area contributed by atoms with Crippen LogP contribution in [0.2, 0.25) is 0 Å². The number of nitrogens with zero attached hydrogens (tertiary/aromatic N) is 3. The first-order valence-electron chi connectivity index (χ1n) is 7.89. The second kappa shape index (κ2) is 7.22. The van der Waals surface area contributed by atoms with Crippen LogP contribution in [-0.2, 0) is 9.59 Å². The maximum Gasteiger partial charge on any atom is 0.236 e. The lowest BCUT2D eigenvalue weighted by Gasteiger charge is -2.47. The summed E-state index contributed by atoms with van der Waals surface area (Å²) in [5.74, 6) is 0.927. The molecule has 2 saturated heterocycles. The van der Waals surface area contributed by atoms with Crippen molar-refractivity contribution in [3.05, 3.63) is 0 Å². The Balaban J connectivity index is 1.95. The molecule has 0 aromatic heterocycles. The number of hydrogen-bond acceptors (Lipinski definition) is 4. The smallest absolute Gasteiger partial charge is 0.236 e. The minimum Gasteiger partial charge on any atom is -0.341 e. The molecule has 0 radical (unpaired) electrons. The number of likely N-dealkylation sites (tertiary alicyclic amines) is 2. The highest BCUT2D eigenvalue weighted by molar-refractivity contribution is 5.79. The number of nitrogens with one attached hydrogen (secondary N) is 1. The standard InChI is InChI=1S/C15H28N4O2/c1-16-7-9-19-13-6-8-18(15(21)11-17(2)3)10-12(13)4-5-14(19)20/h12-13,16H,4-11H2,1-3H3/t12-,13+/m0/s1. The van der Waals surface area contributed by atoms with E-state index in [1.807, 2.05) is 35.8 Å². The highest BCUT2D eigenvalue weighted by atomic mass is 16.2. The quantitative estimate of drug-likeness (QED) is 0.750. The molecule has 2 rings (SSSR count). The number of amides is 2. The molecule has 6 nitrogen and oxygen atoms in total. The summed E-state index contributed by atoms with van der Waals surface area (Å²) >= 11 is 0. The van der Waals surface area contributed by atoms with Gasteiger partial charge in [0.1, 0.15) is 0 Å². The maximum atomic E-state index is 12.2. The molecule has 2 fully saturated rings. The van der Waals surface area contributed by atoms with Crippen molar-refractivity contribution in [3.63, 3.8) is 0 Å². The Morgan fingerprint density at radius 3 is 2.81 bits per heavy atom. The lowest BCUT2D eigenvalue weighted by atomic mass is 9.83. The van der Waals surface area contributed by atoms with E-state index < -0.39 is 0 Å². The third kappa shape index (κ3) is 3.95. The SMILES string of the molecule is CNCCN1C(=O)CC[C@H]2CN(C(=O)CN(C)C)CC[C@H]21. The number of fused-ring (bicyclic) bond motifs is 1. The van der Waals surface area contributed by atoms with Crippen LogP contribution in [-0.4, -0.2) is 86.4 Å². The summed E-state index contributed by atoms with van der Waals surface area (Å²) in [5, 5.41) is 3.12. The third-order valence-corrected chi connectivity index (χ3v) is 4.55. The van der Waals surface area contributed by atoms with E-state index in [-0.39, 0.29) is 11.8 Å². The second-order valence-electron chi connectivity index (χ2n) is 6.42. The number of likely N-dealkylation sites (N-methyl/N-ethyl adjacent to an activating group) is 2. The van der Waals surface area contributed by atoms with Crippen molar-refractivity contribution in [3.8, 4) is 0 Å². The van der Waals surface area contributed by atoms with E-state index in [9.17, 15) is 9.59 Å². The Kier molecular flexibility index (Phi) is 5.58. The summed E-state index contributed by atoms with van der Waals surface area (Å²) in [5.41, 5.74) is 0. The van der Waals surface area contributed by atoms with Crippen LogP contribution in [0.25, 0.3) is 0 Å². The molecule has 2 aliphatic heterocycles.